The Labute approximate surface area is 130 Å². The van der Waals surface area contributed by atoms with E-state index in [1.54, 1.807) is 24.3 Å². The first-order valence-corrected chi connectivity index (χ1v) is 6.48. The van der Waals surface area contributed by atoms with Crippen molar-refractivity contribution in [3.05, 3.63) is 68.7 Å². The summed E-state index contributed by atoms with van der Waals surface area (Å²) in [7, 11) is 0. The van der Waals surface area contributed by atoms with Gasteiger partial charge >= 0.3 is 0 Å². The molecule has 0 spiro atoms. The first kappa shape index (κ1) is 15.5. The number of rotatable bonds is 4. The summed E-state index contributed by atoms with van der Waals surface area (Å²) in [6.45, 7) is 0. The van der Waals surface area contributed by atoms with Crippen LogP contribution in [0.5, 0.6) is 0 Å². The van der Waals surface area contributed by atoms with Crippen LogP contribution < -0.4 is 11.2 Å². The Bertz CT molecular complexity index is 762. The number of nitrogen functional groups attached to an aromatic ring is 1. The van der Waals surface area contributed by atoms with E-state index in [-0.39, 0.29) is 16.3 Å². The molecule has 0 aliphatic heterocycles. The van der Waals surface area contributed by atoms with Crippen LogP contribution in [0.2, 0.25) is 5.02 Å². The minimum atomic E-state index is -0.545. The second-order valence-electron chi connectivity index (χ2n) is 4.25. The molecular weight excluding hydrogens is 308 g/mol. The molecule has 0 heterocycles. The van der Waals surface area contributed by atoms with Gasteiger partial charge in [-0.15, -0.1) is 0 Å². The van der Waals surface area contributed by atoms with E-state index in [0.717, 1.165) is 0 Å². The molecule has 3 N–H and O–H groups in total. The Balaban J connectivity index is 2.13. The Morgan fingerprint density at radius 2 is 2.05 bits per heavy atom. The van der Waals surface area contributed by atoms with E-state index < -0.39 is 10.8 Å². The second-order valence-corrected chi connectivity index (χ2v) is 4.66. The van der Waals surface area contributed by atoms with Crippen LogP contribution in [-0.2, 0) is 0 Å². The molecule has 2 rings (SSSR count). The summed E-state index contributed by atoms with van der Waals surface area (Å²) in [5.41, 5.74) is 8.76. The number of carbonyl (C=O) groups is 1. The molecule has 0 saturated heterocycles. The van der Waals surface area contributed by atoms with Crippen molar-refractivity contribution in [3.8, 4) is 0 Å². The smallest absolute Gasteiger partial charge is 0.273 e. The minimum Gasteiger partial charge on any atom is -0.398 e. The van der Waals surface area contributed by atoms with Gasteiger partial charge in [0.05, 0.1) is 16.7 Å². The lowest BCUT2D eigenvalue weighted by Crippen LogP contribution is -2.19. The summed E-state index contributed by atoms with van der Waals surface area (Å²) in [6, 6.07) is 10.5. The van der Waals surface area contributed by atoms with E-state index in [0.29, 0.717) is 11.3 Å². The molecular formula is C14H11ClN4O3. The van der Waals surface area contributed by atoms with Gasteiger partial charge in [0.1, 0.15) is 0 Å². The standard InChI is InChI=1S/C14H11ClN4O3/c15-12-6-5-10(19(21)22)7-9(12)8-17-18-14(20)11-3-1-2-4-13(11)16/h1-8H,16H2,(H,18,20)/b17-8+. The molecule has 0 atom stereocenters. The molecule has 112 valence electrons. The third-order valence-corrected chi connectivity index (χ3v) is 3.11. The van der Waals surface area contributed by atoms with E-state index in [1.165, 1.54) is 24.4 Å². The predicted molar refractivity (Wildman–Crippen MR) is 84.0 cm³/mol. The van der Waals surface area contributed by atoms with Gasteiger partial charge in [0, 0.05) is 28.4 Å². The van der Waals surface area contributed by atoms with Gasteiger partial charge in [-0.3, -0.25) is 14.9 Å². The largest absolute Gasteiger partial charge is 0.398 e. The summed E-state index contributed by atoms with van der Waals surface area (Å²) in [5, 5.41) is 14.7. The average molecular weight is 319 g/mol. The molecule has 22 heavy (non-hydrogen) atoms. The quantitative estimate of drug-likeness (QED) is 0.390. The topological polar surface area (TPSA) is 111 Å². The first-order valence-electron chi connectivity index (χ1n) is 6.11. The molecule has 7 nitrogen and oxygen atoms in total. The summed E-state index contributed by atoms with van der Waals surface area (Å²) in [5.74, 6) is -0.490. The molecule has 8 heteroatoms. The molecule has 0 aliphatic carbocycles. The highest BCUT2D eigenvalue weighted by molar-refractivity contribution is 6.33. The van der Waals surface area contributed by atoms with Gasteiger partial charge in [-0.2, -0.15) is 5.10 Å². The van der Waals surface area contributed by atoms with Crippen LogP contribution in [0.3, 0.4) is 0 Å². The van der Waals surface area contributed by atoms with Crippen molar-refractivity contribution in [2.24, 2.45) is 5.10 Å². The monoisotopic (exact) mass is 318 g/mol. The van der Waals surface area contributed by atoms with Crippen LogP contribution >= 0.6 is 11.6 Å². The van der Waals surface area contributed by atoms with Crippen molar-refractivity contribution in [1.29, 1.82) is 0 Å². The van der Waals surface area contributed by atoms with E-state index in [2.05, 4.69) is 10.5 Å². The highest BCUT2D eigenvalue weighted by atomic mass is 35.5. The Morgan fingerprint density at radius 3 is 2.73 bits per heavy atom. The number of hydrogen-bond donors (Lipinski definition) is 2. The Kier molecular flexibility index (Phi) is 4.70. The molecule has 0 aromatic heterocycles. The number of nitro benzene ring substituents is 1. The van der Waals surface area contributed by atoms with Gasteiger partial charge in [0.15, 0.2) is 0 Å². The molecule has 2 aromatic rings. The molecule has 0 unspecified atom stereocenters. The zero-order valence-electron chi connectivity index (χ0n) is 11.2. The fourth-order valence-corrected chi connectivity index (χ4v) is 1.83. The number of amides is 1. The number of benzene rings is 2. The summed E-state index contributed by atoms with van der Waals surface area (Å²) < 4.78 is 0. The third-order valence-electron chi connectivity index (χ3n) is 2.77. The second kappa shape index (κ2) is 6.68. The number of nitrogens with zero attached hydrogens (tertiary/aromatic N) is 2. The predicted octanol–water partition coefficient (Wildman–Crippen LogP) is 2.59. The fourth-order valence-electron chi connectivity index (χ4n) is 1.67. The lowest BCUT2D eigenvalue weighted by atomic mass is 10.2. The Morgan fingerprint density at radius 1 is 1.32 bits per heavy atom. The summed E-state index contributed by atoms with van der Waals surface area (Å²) >= 11 is 5.91. The molecule has 0 radical (unpaired) electrons. The number of halogens is 1. The number of nitrogens with one attached hydrogen (secondary N) is 1. The highest BCUT2D eigenvalue weighted by Crippen LogP contribution is 2.20. The van der Waals surface area contributed by atoms with Crippen LogP contribution in [0.1, 0.15) is 15.9 Å². The van der Waals surface area contributed by atoms with Gasteiger partial charge in [-0.1, -0.05) is 23.7 Å². The number of carbonyl (C=O) groups excluding carboxylic acids is 1. The van der Waals surface area contributed by atoms with E-state index in [4.69, 9.17) is 17.3 Å². The zero-order valence-corrected chi connectivity index (χ0v) is 11.9. The molecule has 1 amide bonds. The molecule has 0 bridgehead atoms. The van der Waals surface area contributed by atoms with Gasteiger partial charge in [-0.05, 0) is 18.2 Å². The fraction of sp³-hybridized carbons (Fsp3) is 0. The zero-order chi connectivity index (χ0) is 16.1. The molecule has 0 aliphatic rings. The van der Waals surface area contributed by atoms with Crippen molar-refractivity contribution < 1.29 is 9.72 Å². The van der Waals surface area contributed by atoms with Crippen LogP contribution in [0.15, 0.2) is 47.6 Å². The van der Waals surface area contributed by atoms with Crippen LogP contribution in [0.4, 0.5) is 11.4 Å². The van der Waals surface area contributed by atoms with Crippen molar-refractivity contribution in [3.63, 3.8) is 0 Å². The van der Waals surface area contributed by atoms with Crippen molar-refractivity contribution in [2.75, 3.05) is 5.73 Å². The lowest BCUT2D eigenvalue weighted by molar-refractivity contribution is -0.384. The summed E-state index contributed by atoms with van der Waals surface area (Å²) in [6.07, 6.45) is 1.23. The van der Waals surface area contributed by atoms with E-state index >= 15 is 0 Å². The van der Waals surface area contributed by atoms with Crippen LogP contribution in [-0.4, -0.2) is 17.0 Å². The number of para-hydroxylation sites is 1. The maximum Gasteiger partial charge on any atom is 0.273 e. The summed E-state index contributed by atoms with van der Waals surface area (Å²) in [4.78, 5) is 22.0. The number of non-ortho nitro benzene ring substituents is 1. The number of anilines is 1. The van der Waals surface area contributed by atoms with E-state index in [9.17, 15) is 14.9 Å². The Hall–Kier alpha value is -2.93. The number of nitrogens with two attached hydrogens (primary N) is 1. The van der Waals surface area contributed by atoms with Crippen molar-refractivity contribution >= 4 is 35.1 Å². The van der Waals surface area contributed by atoms with E-state index in [1.807, 2.05) is 0 Å². The van der Waals surface area contributed by atoms with Crippen molar-refractivity contribution in [1.82, 2.24) is 5.43 Å². The maximum absolute atomic E-state index is 11.9. The van der Waals surface area contributed by atoms with Gasteiger partial charge in [-0.25, -0.2) is 5.43 Å². The average Bonchev–Trinajstić information content (AvgIpc) is 2.49. The van der Waals surface area contributed by atoms with Gasteiger partial charge in [0.2, 0.25) is 0 Å². The molecule has 0 fully saturated rings. The maximum atomic E-state index is 11.9. The van der Waals surface area contributed by atoms with Crippen LogP contribution in [0, 0.1) is 10.1 Å². The lowest BCUT2D eigenvalue weighted by Gasteiger charge is -2.03. The van der Waals surface area contributed by atoms with Gasteiger partial charge in [0.25, 0.3) is 11.6 Å². The minimum absolute atomic E-state index is 0.121. The number of nitro groups is 1. The number of hydrogen-bond acceptors (Lipinski definition) is 5. The van der Waals surface area contributed by atoms with Crippen molar-refractivity contribution in [2.45, 2.75) is 0 Å². The van der Waals surface area contributed by atoms with Gasteiger partial charge < -0.3 is 5.73 Å². The van der Waals surface area contributed by atoms with Crippen LogP contribution in [0.25, 0.3) is 0 Å². The third kappa shape index (κ3) is 3.58. The SMILES string of the molecule is Nc1ccccc1C(=O)N/N=C/c1cc([N+](=O)[O-])ccc1Cl. The first-order chi connectivity index (χ1) is 10.5. The highest BCUT2D eigenvalue weighted by Gasteiger charge is 2.09. The number of hydrazone groups is 1. The molecule has 2 aromatic carbocycles. The molecule has 0 saturated carbocycles. The normalized spacial score (nSPS) is 10.6.